The number of nitrogens with zero attached hydrogens (tertiary/aromatic N) is 4. The van der Waals surface area contributed by atoms with Crippen LogP contribution in [-0.4, -0.2) is 38.1 Å². The zero-order valence-electron chi connectivity index (χ0n) is 17.3. The number of pyridine rings is 2. The fourth-order valence-electron chi connectivity index (χ4n) is 4.68. The van der Waals surface area contributed by atoms with Gasteiger partial charge in [0.1, 0.15) is 5.56 Å². The number of hydrogen-bond acceptors (Lipinski definition) is 5. The van der Waals surface area contributed by atoms with Crippen LogP contribution in [-0.2, 0) is 19.6 Å². The van der Waals surface area contributed by atoms with Crippen LogP contribution < -0.4 is 10.3 Å². The normalized spacial score (nSPS) is 17.1. The van der Waals surface area contributed by atoms with Crippen molar-refractivity contribution < 1.29 is 9.90 Å². The minimum atomic E-state index is -1.23. The molecular weight excluding hydrogens is 451 g/mol. The number of piperidine rings is 1. The number of aromatic carboxylic acids is 1. The van der Waals surface area contributed by atoms with Crippen molar-refractivity contribution >= 4 is 45.9 Å². The van der Waals surface area contributed by atoms with Gasteiger partial charge in [-0.2, -0.15) is 0 Å². The summed E-state index contributed by atoms with van der Waals surface area (Å²) in [5.41, 5.74) is 2.90. The van der Waals surface area contributed by atoms with Crippen molar-refractivity contribution in [2.75, 3.05) is 18.0 Å². The van der Waals surface area contributed by atoms with Gasteiger partial charge < -0.3 is 14.6 Å². The molecule has 2 aliphatic heterocycles. The smallest absolute Gasteiger partial charge is 0.341 e. The highest BCUT2D eigenvalue weighted by Crippen LogP contribution is 2.35. The van der Waals surface area contributed by atoms with Gasteiger partial charge in [-0.05, 0) is 54.3 Å². The standard InChI is InChI=1S/C23H22Cl2N4O3/c24-18-8-16-20(9-21(18)28-11-15-2-1-5-26-19(15)13-28)27(12-17(22(16)30)23(31)32)10-14-3-6-29(25)7-4-14/h1-2,5,8-9,12,14H,3-4,6-7,10-11,13H2,(H,31,32). The van der Waals surface area contributed by atoms with E-state index in [0.29, 0.717) is 41.5 Å². The number of halogens is 2. The predicted molar refractivity (Wildman–Crippen MR) is 124 cm³/mol. The van der Waals surface area contributed by atoms with Crippen LogP contribution in [0.25, 0.3) is 10.9 Å². The molecule has 0 atom stereocenters. The number of anilines is 1. The SMILES string of the molecule is O=C(O)c1cn(CC2CCN(Cl)CC2)c2cc(N3Cc4cccnc4C3)c(Cl)cc2c1=O. The second-order valence-electron chi connectivity index (χ2n) is 8.47. The van der Waals surface area contributed by atoms with Gasteiger partial charge in [-0.15, -0.1) is 0 Å². The zero-order chi connectivity index (χ0) is 22.4. The number of hydrogen-bond donors (Lipinski definition) is 1. The lowest BCUT2D eigenvalue weighted by atomic mass is 9.97. The van der Waals surface area contributed by atoms with Crippen molar-refractivity contribution in [2.45, 2.75) is 32.5 Å². The number of rotatable bonds is 4. The van der Waals surface area contributed by atoms with E-state index < -0.39 is 11.4 Å². The average Bonchev–Trinajstić information content (AvgIpc) is 3.20. The summed E-state index contributed by atoms with van der Waals surface area (Å²) < 4.78 is 3.68. The largest absolute Gasteiger partial charge is 0.477 e. The summed E-state index contributed by atoms with van der Waals surface area (Å²) >= 11 is 12.7. The molecule has 0 radical (unpaired) electrons. The Kier molecular flexibility index (Phi) is 5.57. The summed E-state index contributed by atoms with van der Waals surface area (Å²) in [4.78, 5) is 31.3. The first-order valence-electron chi connectivity index (χ1n) is 10.6. The van der Waals surface area contributed by atoms with Gasteiger partial charge in [0.15, 0.2) is 0 Å². The molecule has 0 amide bonds. The fourth-order valence-corrected chi connectivity index (χ4v) is 5.16. The maximum atomic E-state index is 12.9. The van der Waals surface area contributed by atoms with Gasteiger partial charge in [0.05, 0.1) is 28.5 Å². The highest BCUT2D eigenvalue weighted by Gasteiger charge is 2.25. The van der Waals surface area contributed by atoms with E-state index in [-0.39, 0.29) is 5.56 Å². The quantitative estimate of drug-likeness (QED) is 0.575. The molecule has 5 rings (SSSR count). The van der Waals surface area contributed by atoms with Gasteiger partial charge in [0, 0.05) is 44.0 Å². The molecule has 1 aromatic carbocycles. The van der Waals surface area contributed by atoms with Crippen LogP contribution in [0, 0.1) is 5.92 Å². The lowest BCUT2D eigenvalue weighted by molar-refractivity contribution is 0.0694. The van der Waals surface area contributed by atoms with E-state index in [0.717, 1.165) is 42.9 Å². The van der Waals surface area contributed by atoms with E-state index in [4.69, 9.17) is 23.4 Å². The van der Waals surface area contributed by atoms with Gasteiger partial charge >= 0.3 is 5.97 Å². The summed E-state index contributed by atoms with van der Waals surface area (Å²) in [7, 11) is 0. The number of fused-ring (bicyclic) bond motifs is 2. The zero-order valence-corrected chi connectivity index (χ0v) is 18.8. The lowest BCUT2D eigenvalue weighted by Crippen LogP contribution is -2.29. The molecule has 0 aliphatic carbocycles. The third-order valence-corrected chi connectivity index (χ3v) is 7.06. The van der Waals surface area contributed by atoms with Gasteiger partial charge in [0.2, 0.25) is 5.43 Å². The van der Waals surface area contributed by atoms with E-state index in [2.05, 4.69) is 16.0 Å². The second kappa shape index (κ2) is 8.39. The van der Waals surface area contributed by atoms with Crippen LogP contribution in [0.5, 0.6) is 0 Å². The number of carboxylic acid groups (broad SMARTS) is 1. The Hall–Kier alpha value is -2.61. The molecule has 3 aromatic rings. The van der Waals surface area contributed by atoms with E-state index in [9.17, 15) is 14.7 Å². The summed E-state index contributed by atoms with van der Waals surface area (Å²) in [5.74, 6) is -0.890. The Morgan fingerprint density at radius 2 is 2.00 bits per heavy atom. The van der Waals surface area contributed by atoms with Gasteiger partial charge in [-0.25, -0.2) is 9.21 Å². The van der Waals surface area contributed by atoms with Crippen molar-refractivity contribution in [1.29, 1.82) is 0 Å². The topological polar surface area (TPSA) is 78.7 Å². The summed E-state index contributed by atoms with van der Waals surface area (Å²) in [6.07, 6.45) is 5.07. The van der Waals surface area contributed by atoms with Crippen molar-refractivity contribution in [3.05, 3.63) is 68.7 Å². The van der Waals surface area contributed by atoms with Gasteiger partial charge in [-0.3, -0.25) is 9.78 Å². The third kappa shape index (κ3) is 3.85. The van der Waals surface area contributed by atoms with Gasteiger partial charge in [-0.1, -0.05) is 17.7 Å². The minimum absolute atomic E-state index is 0.242. The molecule has 1 fully saturated rings. The Balaban J connectivity index is 1.59. The first-order valence-corrected chi connectivity index (χ1v) is 11.3. The van der Waals surface area contributed by atoms with Crippen LogP contribution in [0.4, 0.5) is 5.69 Å². The summed E-state index contributed by atoms with van der Waals surface area (Å²) in [5, 5.41) is 10.3. The molecule has 0 spiro atoms. The third-order valence-electron chi connectivity index (χ3n) is 6.42. The van der Waals surface area contributed by atoms with Crippen LogP contribution in [0.15, 0.2) is 41.5 Å². The minimum Gasteiger partial charge on any atom is -0.477 e. The van der Waals surface area contributed by atoms with Crippen LogP contribution in [0.1, 0.15) is 34.5 Å². The first kappa shape index (κ1) is 21.2. The maximum Gasteiger partial charge on any atom is 0.341 e. The Bertz CT molecular complexity index is 1240. The molecule has 9 heteroatoms. The maximum absolute atomic E-state index is 12.9. The number of benzene rings is 1. The molecule has 2 aromatic heterocycles. The predicted octanol–water partition coefficient (Wildman–Crippen LogP) is 4.13. The second-order valence-corrected chi connectivity index (χ2v) is 9.35. The van der Waals surface area contributed by atoms with Crippen molar-refractivity contribution in [2.24, 2.45) is 5.92 Å². The Labute approximate surface area is 194 Å². The molecule has 2 aliphatic rings. The van der Waals surface area contributed by atoms with E-state index in [1.54, 1.807) is 16.7 Å². The molecule has 0 unspecified atom stereocenters. The fraction of sp³-hybridized carbons (Fsp3) is 0.348. The lowest BCUT2D eigenvalue weighted by Gasteiger charge is -2.28. The monoisotopic (exact) mass is 472 g/mol. The van der Waals surface area contributed by atoms with Crippen molar-refractivity contribution in [3.8, 4) is 0 Å². The van der Waals surface area contributed by atoms with Crippen LogP contribution in [0.3, 0.4) is 0 Å². The molecule has 1 saturated heterocycles. The summed E-state index contributed by atoms with van der Waals surface area (Å²) in [6.45, 7) is 3.50. The highest BCUT2D eigenvalue weighted by molar-refractivity contribution is 6.34. The molecule has 4 heterocycles. The van der Waals surface area contributed by atoms with Gasteiger partial charge in [0.25, 0.3) is 0 Å². The average molecular weight is 473 g/mol. The van der Waals surface area contributed by atoms with E-state index >= 15 is 0 Å². The molecule has 7 nitrogen and oxygen atoms in total. The molecule has 166 valence electrons. The van der Waals surface area contributed by atoms with E-state index in [1.165, 1.54) is 6.20 Å². The van der Waals surface area contributed by atoms with Crippen LogP contribution in [0.2, 0.25) is 5.02 Å². The Morgan fingerprint density at radius 3 is 2.72 bits per heavy atom. The Morgan fingerprint density at radius 1 is 1.22 bits per heavy atom. The van der Waals surface area contributed by atoms with Crippen molar-refractivity contribution in [1.82, 2.24) is 14.0 Å². The number of carbonyl (C=O) groups is 1. The highest BCUT2D eigenvalue weighted by atomic mass is 35.5. The van der Waals surface area contributed by atoms with Crippen molar-refractivity contribution in [3.63, 3.8) is 0 Å². The summed E-state index contributed by atoms with van der Waals surface area (Å²) in [6, 6.07) is 7.49. The molecular formula is C23H22Cl2N4O3. The number of aromatic nitrogens is 2. The number of carboxylic acids is 1. The molecule has 32 heavy (non-hydrogen) atoms. The van der Waals surface area contributed by atoms with Crippen LogP contribution >= 0.6 is 23.4 Å². The molecule has 1 N–H and O–H groups in total. The molecule has 0 saturated carbocycles. The van der Waals surface area contributed by atoms with E-state index in [1.807, 2.05) is 16.7 Å². The molecule has 0 bridgehead atoms. The first-order chi connectivity index (χ1) is 15.4.